The molecule has 150 valence electrons. The number of benzene rings is 2. The highest BCUT2D eigenvalue weighted by Gasteiger charge is 2.43. The van der Waals surface area contributed by atoms with Gasteiger partial charge in [-0.15, -0.1) is 0 Å². The molecule has 0 bridgehead atoms. The summed E-state index contributed by atoms with van der Waals surface area (Å²) in [5.74, 6) is -0.541. The Morgan fingerprint density at radius 3 is 1.86 bits per heavy atom. The summed E-state index contributed by atoms with van der Waals surface area (Å²) in [7, 11) is 0. The van der Waals surface area contributed by atoms with Crippen LogP contribution >= 0.6 is 0 Å². The fraction of sp³-hybridized carbons (Fsp3) is 0.333. The van der Waals surface area contributed by atoms with Crippen LogP contribution in [-0.2, 0) is 14.3 Å². The molecule has 2 aliphatic heterocycles. The molecular formula is C24H26N2O3. The number of aryl methyl sites for hydroxylation is 2. The molecule has 5 heteroatoms. The second kappa shape index (κ2) is 7.48. The fourth-order valence-corrected chi connectivity index (χ4v) is 4.08. The number of morpholine rings is 1. The first kappa shape index (κ1) is 19.4. The summed E-state index contributed by atoms with van der Waals surface area (Å²) in [6, 6.07) is 15.3. The van der Waals surface area contributed by atoms with Crippen molar-refractivity contribution in [3.8, 4) is 0 Å². The lowest BCUT2D eigenvalue weighted by Gasteiger charge is -2.37. The highest BCUT2D eigenvalue weighted by atomic mass is 16.5. The average Bonchev–Trinajstić information content (AvgIpc) is 2.93. The van der Waals surface area contributed by atoms with Crippen molar-refractivity contribution in [2.75, 3.05) is 18.0 Å². The van der Waals surface area contributed by atoms with Crippen LogP contribution in [0.4, 0.5) is 5.69 Å². The molecule has 2 aliphatic rings. The van der Waals surface area contributed by atoms with Gasteiger partial charge in [-0.1, -0.05) is 47.5 Å². The number of anilines is 1. The highest BCUT2D eigenvalue weighted by molar-refractivity contribution is 6.45. The Labute approximate surface area is 171 Å². The third-order valence-electron chi connectivity index (χ3n) is 5.43. The number of carbonyl (C=O) groups excluding carboxylic acids is 2. The summed E-state index contributed by atoms with van der Waals surface area (Å²) in [5, 5.41) is 0. The second-order valence-electron chi connectivity index (χ2n) is 8.03. The van der Waals surface area contributed by atoms with Crippen LogP contribution in [0.15, 0.2) is 54.2 Å². The van der Waals surface area contributed by atoms with Crippen LogP contribution < -0.4 is 4.90 Å². The van der Waals surface area contributed by atoms with E-state index >= 15 is 0 Å². The molecule has 2 aromatic carbocycles. The van der Waals surface area contributed by atoms with Crippen molar-refractivity contribution in [2.45, 2.75) is 39.9 Å². The van der Waals surface area contributed by atoms with Gasteiger partial charge in [0.25, 0.3) is 11.8 Å². The maximum Gasteiger partial charge on any atom is 0.282 e. The molecule has 5 nitrogen and oxygen atoms in total. The van der Waals surface area contributed by atoms with Crippen LogP contribution in [0, 0.1) is 13.8 Å². The minimum absolute atomic E-state index is 0.0122. The van der Waals surface area contributed by atoms with Crippen LogP contribution in [0.3, 0.4) is 0 Å². The molecule has 2 aromatic rings. The Hall–Kier alpha value is -2.92. The van der Waals surface area contributed by atoms with E-state index in [0.29, 0.717) is 30.0 Å². The summed E-state index contributed by atoms with van der Waals surface area (Å²) < 4.78 is 5.85. The van der Waals surface area contributed by atoms with Gasteiger partial charge < -0.3 is 9.64 Å². The molecule has 2 unspecified atom stereocenters. The van der Waals surface area contributed by atoms with E-state index in [2.05, 4.69) is 0 Å². The monoisotopic (exact) mass is 390 g/mol. The Kier molecular flexibility index (Phi) is 5.01. The van der Waals surface area contributed by atoms with E-state index in [1.165, 1.54) is 4.90 Å². The topological polar surface area (TPSA) is 49.9 Å². The van der Waals surface area contributed by atoms with Gasteiger partial charge in [0.05, 0.1) is 23.5 Å². The number of nitrogens with zero attached hydrogens (tertiary/aromatic N) is 2. The molecule has 0 N–H and O–H groups in total. The minimum Gasteiger partial charge on any atom is -0.372 e. The number of carbonyl (C=O) groups is 2. The SMILES string of the molecule is Cc1ccc(C2=C(N3CC(C)OC(C)C3)C(=O)N(c3ccc(C)cc3)C2=O)cc1. The van der Waals surface area contributed by atoms with Crippen molar-refractivity contribution in [1.29, 1.82) is 0 Å². The molecule has 2 atom stereocenters. The third-order valence-corrected chi connectivity index (χ3v) is 5.43. The van der Waals surface area contributed by atoms with E-state index in [-0.39, 0.29) is 24.0 Å². The molecule has 0 aromatic heterocycles. The first-order valence-corrected chi connectivity index (χ1v) is 10.0. The molecule has 2 heterocycles. The van der Waals surface area contributed by atoms with Crippen LogP contribution in [0.5, 0.6) is 0 Å². The van der Waals surface area contributed by atoms with Crippen LogP contribution in [0.25, 0.3) is 5.57 Å². The van der Waals surface area contributed by atoms with Gasteiger partial charge in [-0.2, -0.15) is 0 Å². The summed E-state index contributed by atoms with van der Waals surface area (Å²) >= 11 is 0. The summed E-state index contributed by atoms with van der Waals surface area (Å²) in [4.78, 5) is 30.3. The number of rotatable bonds is 3. The van der Waals surface area contributed by atoms with Gasteiger partial charge in [-0.05, 0) is 45.4 Å². The molecule has 4 rings (SSSR count). The molecule has 1 fully saturated rings. The summed E-state index contributed by atoms with van der Waals surface area (Å²) in [6.45, 7) is 9.13. The maximum atomic E-state index is 13.5. The number of amides is 2. The van der Waals surface area contributed by atoms with E-state index in [1.54, 1.807) is 0 Å². The zero-order valence-corrected chi connectivity index (χ0v) is 17.3. The standard InChI is InChI=1S/C24H26N2O3/c1-15-5-9-19(10-6-15)21-22(25-13-17(3)29-18(4)14-25)24(28)26(23(21)27)20-11-7-16(2)8-12-20/h5-12,17-18H,13-14H2,1-4H3. The average molecular weight is 390 g/mol. The summed E-state index contributed by atoms with van der Waals surface area (Å²) in [5.41, 5.74) is 4.50. The zero-order valence-electron chi connectivity index (χ0n) is 17.3. The smallest absolute Gasteiger partial charge is 0.282 e. The Balaban J connectivity index is 1.82. The molecule has 1 saturated heterocycles. The van der Waals surface area contributed by atoms with Gasteiger partial charge in [0.15, 0.2) is 0 Å². The van der Waals surface area contributed by atoms with Crippen LogP contribution in [-0.4, -0.2) is 42.0 Å². The van der Waals surface area contributed by atoms with E-state index in [9.17, 15) is 9.59 Å². The largest absolute Gasteiger partial charge is 0.372 e. The highest BCUT2D eigenvalue weighted by Crippen LogP contribution is 2.36. The number of imide groups is 1. The van der Waals surface area contributed by atoms with Crippen molar-refractivity contribution in [3.63, 3.8) is 0 Å². The van der Waals surface area contributed by atoms with E-state index in [4.69, 9.17) is 4.74 Å². The van der Waals surface area contributed by atoms with Crippen LogP contribution in [0.2, 0.25) is 0 Å². The molecule has 29 heavy (non-hydrogen) atoms. The van der Waals surface area contributed by atoms with Gasteiger partial charge in [0.2, 0.25) is 0 Å². The minimum atomic E-state index is -0.274. The number of ether oxygens (including phenoxy) is 1. The van der Waals surface area contributed by atoms with Crippen molar-refractivity contribution >= 4 is 23.1 Å². The lowest BCUT2D eigenvalue weighted by molar-refractivity contribution is -0.121. The molecule has 0 aliphatic carbocycles. The number of hydrogen-bond donors (Lipinski definition) is 0. The predicted molar refractivity (Wildman–Crippen MR) is 113 cm³/mol. The van der Waals surface area contributed by atoms with Gasteiger partial charge in [0, 0.05) is 13.1 Å². The Morgan fingerprint density at radius 1 is 0.793 bits per heavy atom. The molecular weight excluding hydrogens is 364 g/mol. The van der Waals surface area contributed by atoms with Crippen molar-refractivity contribution in [1.82, 2.24) is 4.90 Å². The molecule has 0 saturated carbocycles. The normalized spacial score (nSPS) is 22.6. The zero-order chi connectivity index (χ0) is 20.7. The first-order chi connectivity index (χ1) is 13.8. The molecule has 0 spiro atoms. The van der Waals surface area contributed by atoms with Crippen molar-refractivity contribution < 1.29 is 14.3 Å². The quantitative estimate of drug-likeness (QED) is 0.750. The Morgan fingerprint density at radius 2 is 1.31 bits per heavy atom. The van der Waals surface area contributed by atoms with Gasteiger partial charge in [0.1, 0.15) is 5.70 Å². The van der Waals surface area contributed by atoms with Crippen molar-refractivity contribution in [2.24, 2.45) is 0 Å². The third kappa shape index (κ3) is 3.58. The first-order valence-electron chi connectivity index (χ1n) is 10.0. The molecule has 2 amide bonds. The van der Waals surface area contributed by atoms with Gasteiger partial charge in [-0.25, -0.2) is 4.90 Å². The lowest BCUT2D eigenvalue weighted by atomic mass is 10.0. The molecule has 0 radical (unpaired) electrons. The second-order valence-corrected chi connectivity index (χ2v) is 8.03. The number of hydrogen-bond acceptors (Lipinski definition) is 4. The Bertz CT molecular complexity index is 966. The van der Waals surface area contributed by atoms with Crippen LogP contribution in [0.1, 0.15) is 30.5 Å². The lowest BCUT2D eigenvalue weighted by Crippen LogP contribution is -2.47. The van der Waals surface area contributed by atoms with Gasteiger partial charge in [-0.3, -0.25) is 9.59 Å². The van der Waals surface area contributed by atoms with Crippen molar-refractivity contribution in [3.05, 3.63) is 70.9 Å². The van der Waals surface area contributed by atoms with Gasteiger partial charge >= 0.3 is 0 Å². The van der Waals surface area contributed by atoms with E-state index in [1.807, 2.05) is 81.1 Å². The predicted octanol–water partition coefficient (Wildman–Crippen LogP) is 3.70. The fourth-order valence-electron chi connectivity index (χ4n) is 4.08. The van der Waals surface area contributed by atoms with E-state index in [0.717, 1.165) is 16.7 Å². The maximum absolute atomic E-state index is 13.5. The summed E-state index contributed by atoms with van der Waals surface area (Å²) in [6.07, 6.45) is -0.0244. The van der Waals surface area contributed by atoms with E-state index < -0.39 is 0 Å².